The molecule has 4 bridgehead atoms. The first kappa shape index (κ1) is 42.6. The number of fused-ring (bicyclic) bond motifs is 3. The Morgan fingerprint density at radius 3 is 2.49 bits per heavy atom. The third-order valence-electron chi connectivity index (χ3n) is 13.1. The van der Waals surface area contributed by atoms with Crippen molar-refractivity contribution in [1.82, 2.24) is 25.2 Å². The molecule has 2 aromatic rings. The van der Waals surface area contributed by atoms with Crippen molar-refractivity contribution in [2.24, 2.45) is 17.3 Å². The fraction of sp³-hybridized carbons (Fsp3) is 0.628. The van der Waals surface area contributed by atoms with Gasteiger partial charge in [0.25, 0.3) is 5.91 Å². The monoisotopic (exact) mass is 864 g/mol. The van der Waals surface area contributed by atoms with Gasteiger partial charge in [-0.3, -0.25) is 24.0 Å². The van der Waals surface area contributed by atoms with Crippen LogP contribution in [-0.4, -0.2) is 111 Å². The zero-order valence-electron chi connectivity index (χ0n) is 35.0. The fourth-order valence-corrected chi connectivity index (χ4v) is 10.7. The Labute approximate surface area is 355 Å². The van der Waals surface area contributed by atoms with E-state index < -0.39 is 80.2 Å². The van der Waals surface area contributed by atoms with Crippen LogP contribution < -0.4 is 29.7 Å². The van der Waals surface area contributed by atoms with Gasteiger partial charge in [0.15, 0.2) is 0 Å². The predicted molar refractivity (Wildman–Crippen MR) is 222 cm³/mol. The summed E-state index contributed by atoms with van der Waals surface area (Å²) in [5.41, 5.74) is -0.623. The van der Waals surface area contributed by atoms with E-state index in [4.69, 9.17) is 23.9 Å². The number of aromatic nitrogens is 1. The molecule has 5 fully saturated rings. The highest BCUT2D eigenvalue weighted by Gasteiger charge is 2.62. The minimum Gasteiger partial charge on any atom is -0.496 e. The first-order chi connectivity index (χ1) is 29.1. The second-order valence-corrected chi connectivity index (χ2v) is 20.2. The molecule has 4 heterocycles. The number of aryl methyl sites for hydroxylation is 1. The van der Waals surface area contributed by atoms with Crippen molar-refractivity contribution in [3.05, 3.63) is 36.4 Å². The Kier molecular flexibility index (Phi) is 11.6. The molecule has 61 heavy (non-hydrogen) atoms. The number of nitrogens with zero attached hydrogens (tertiary/aromatic N) is 3. The fourth-order valence-electron chi connectivity index (χ4n) is 9.34. The Hall–Kier alpha value is -5.13. The van der Waals surface area contributed by atoms with E-state index in [2.05, 4.69) is 21.9 Å². The van der Waals surface area contributed by atoms with Gasteiger partial charge in [0, 0.05) is 29.9 Å². The number of amides is 5. The SMILES string of the molecule is C=C[C@H]1C[C@]1(NC(=O)[C@@H]1C[C@@H]2CN1C(=O)[C@H](C1CCCCC1)NC(=O)OCC(C)(C)CCCc1cc3c(cc(N4CCOC4=O)nc3cc1OC)O2)C(=O)NS(=O)(=O)C1CC1. The summed E-state index contributed by atoms with van der Waals surface area (Å²) in [6.07, 6.45) is 6.59. The number of carbonyl (C=O) groups excluding carboxylic acids is 5. The first-order valence-electron chi connectivity index (χ1n) is 21.5. The third kappa shape index (κ3) is 8.82. The molecule has 5 amide bonds. The number of ether oxygens (including phenoxy) is 4. The smallest absolute Gasteiger partial charge is 0.415 e. The van der Waals surface area contributed by atoms with Gasteiger partial charge in [-0.15, -0.1) is 6.58 Å². The summed E-state index contributed by atoms with van der Waals surface area (Å²) in [5, 5.41) is 5.71. The molecule has 3 N–H and O–H groups in total. The van der Waals surface area contributed by atoms with Crippen LogP contribution in [0.5, 0.6) is 11.5 Å². The molecular weight excluding hydrogens is 809 g/mol. The number of pyridine rings is 1. The van der Waals surface area contributed by atoms with Crippen LogP contribution in [0.15, 0.2) is 30.9 Å². The van der Waals surface area contributed by atoms with Gasteiger partial charge in [0.05, 0.1) is 37.6 Å². The van der Waals surface area contributed by atoms with Crippen LogP contribution in [0.25, 0.3) is 10.9 Å². The van der Waals surface area contributed by atoms with Gasteiger partial charge in [-0.25, -0.2) is 23.0 Å². The number of cyclic esters (lactones) is 2. The summed E-state index contributed by atoms with van der Waals surface area (Å²) < 4.78 is 51.6. The summed E-state index contributed by atoms with van der Waals surface area (Å²) >= 11 is 0. The number of hydrogen-bond donors (Lipinski definition) is 3. The van der Waals surface area contributed by atoms with Crippen molar-refractivity contribution in [3.63, 3.8) is 0 Å². The molecule has 18 heteroatoms. The van der Waals surface area contributed by atoms with Crippen molar-refractivity contribution >= 4 is 56.7 Å². The zero-order chi connectivity index (χ0) is 43.3. The van der Waals surface area contributed by atoms with Crippen molar-refractivity contribution in [2.45, 2.75) is 120 Å². The second-order valence-electron chi connectivity index (χ2n) is 18.2. The van der Waals surface area contributed by atoms with Gasteiger partial charge >= 0.3 is 12.2 Å². The van der Waals surface area contributed by atoms with Crippen LogP contribution in [0, 0.1) is 17.3 Å². The summed E-state index contributed by atoms with van der Waals surface area (Å²) in [7, 11) is -2.36. The summed E-state index contributed by atoms with van der Waals surface area (Å²) in [5.74, 6) is -1.54. The Morgan fingerprint density at radius 1 is 1.05 bits per heavy atom. The van der Waals surface area contributed by atoms with E-state index >= 15 is 4.79 Å². The van der Waals surface area contributed by atoms with E-state index in [1.807, 2.05) is 19.9 Å². The molecule has 3 aliphatic heterocycles. The topological polar surface area (TPSA) is 212 Å². The standard InChI is InChI=1S/C43H56N6O11S/c1-5-27-22-43(27,39(52)47-61(55,56)29-13-14-29)46-37(50)32-19-28-23-49(32)38(51)36(25-10-7-6-8-11-25)45-40(53)59-24-42(2,3)15-9-12-26-18-30-31(20-33(26)57-4)44-35(21-34(30)60-28)48-16-17-58-41(48)54/h5,18,20-21,25,27-29,32,36H,1,6-17,19,22-24H2,2-4H3,(H,45,53)(H,46,50)(H,47,52)/t27-,28+,32-,36-,43+/m0/s1. The first-order valence-corrected chi connectivity index (χ1v) is 23.0. The van der Waals surface area contributed by atoms with E-state index in [0.29, 0.717) is 66.7 Å². The number of sulfonamides is 1. The number of rotatable bonds is 9. The lowest BCUT2D eigenvalue weighted by molar-refractivity contribution is -0.142. The number of alkyl carbamates (subject to hydrolysis) is 1. The molecule has 1 aromatic carbocycles. The van der Waals surface area contributed by atoms with E-state index in [9.17, 15) is 27.6 Å². The minimum atomic E-state index is -3.94. The van der Waals surface area contributed by atoms with E-state index in [1.54, 1.807) is 19.2 Å². The molecule has 0 spiro atoms. The predicted octanol–water partition coefficient (Wildman–Crippen LogP) is 4.26. The van der Waals surface area contributed by atoms with Crippen molar-refractivity contribution in [1.29, 1.82) is 0 Å². The second kappa shape index (κ2) is 16.6. The number of hydrogen-bond acceptors (Lipinski definition) is 12. The molecule has 0 unspecified atom stereocenters. The van der Waals surface area contributed by atoms with E-state index in [1.165, 1.54) is 15.9 Å². The summed E-state index contributed by atoms with van der Waals surface area (Å²) in [4.78, 5) is 77.4. The quantitative estimate of drug-likeness (QED) is 0.302. The maximum atomic E-state index is 15.0. The number of methoxy groups -OCH3 is 1. The van der Waals surface area contributed by atoms with Crippen LogP contribution in [0.1, 0.15) is 90.0 Å². The highest BCUT2D eigenvalue weighted by Crippen LogP contribution is 2.46. The van der Waals surface area contributed by atoms with Gasteiger partial charge in [0.1, 0.15) is 47.7 Å². The highest BCUT2D eigenvalue weighted by atomic mass is 32.2. The van der Waals surface area contributed by atoms with E-state index in [-0.39, 0.29) is 45.1 Å². The van der Waals surface area contributed by atoms with Gasteiger partial charge in [-0.1, -0.05) is 39.2 Å². The zero-order valence-corrected chi connectivity index (χ0v) is 35.9. The lowest BCUT2D eigenvalue weighted by Crippen LogP contribution is -2.59. The van der Waals surface area contributed by atoms with Crippen LogP contribution >= 0.6 is 0 Å². The average molecular weight is 865 g/mol. The minimum absolute atomic E-state index is 0.0155. The van der Waals surface area contributed by atoms with Crippen LogP contribution in [0.4, 0.5) is 15.4 Å². The van der Waals surface area contributed by atoms with Crippen LogP contribution in [-0.2, 0) is 40.3 Å². The van der Waals surface area contributed by atoms with Crippen LogP contribution in [0.3, 0.4) is 0 Å². The van der Waals surface area contributed by atoms with Crippen molar-refractivity contribution in [2.75, 3.05) is 38.3 Å². The molecule has 3 saturated carbocycles. The van der Waals surface area contributed by atoms with Gasteiger partial charge < -0.3 is 34.5 Å². The Morgan fingerprint density at radius 2 is 1.82 bits per heavy atom. The lowest BCUT2D eigenvalue weighted by Gasteiger charge is -2.35. The summed E-state index contributed by atoms with van der Waals surface area (Å²) in [6, 6.07) is 3.21. The highest BCUT2D eigenvalue weighted by molar-refractivity contribution is 7.91. The van der Waals surface area contributed by atoms with E-state index in [0.717, 1.165) is 31.2 Å². The van der Waals surface area contributed by atoms with Gasteiger partial charge in [0.2, 0.25) is 21.8 Å². The lowest BCUT2D eigenvalue weighted by atomic mass is 9.83. The number of nitrogens with one attached hydrogen (secondary N) is 3. The number of anilines is 1. The molecule has 8 rings (SSSR count). The van der Waals surface area contributed by atoms with Crippen molar-refractivity contribution < 1.29 is 51.3 Å². The molecule has 6 aliphatic rings. The maximum absolute atomic E-state index is 15.0. The number of benzene rings is 1. The maximum Gasteiger partial charge on any atom is 0.415 e. The summed E-state index contributed by atoms with van der Waals surface area (Å²) in [6.45, 7) is 8.33. The molecule has 330 valence electrons. The number of carbonyl (C=O) groups is 5. The molecule has 3 aliphatic carbocycles. The Bertz CT molecular complexity index is 2220. The molecule has 17 nitrogen and oxygen atoms in total. The van der Waals surface area contributed by atoms with Gasteiger partial charge in [-0.05, 0) is 74.3 Å². The molecule has 5 atom stereocenters. The Balaban J connectivity index is 1.18. The molecular formula is C43H56N6O11S. The molecule has 2 saturated heterocycles. The van der Waals surface area contributed by atoms with Crippen LogP contribution in [0.2, 0.25) is 0 Å². The largest absolute Gasteiger partial charge is 0.496 e. The average Bonchev–Trinajstić information content (AvgIpc) is 4.13. The molecule has 1 aromatic heterocycles. The van der Waals surface area contributed by atoms with Crippen molar-refractivity contribution in [3.8, 4) is 11.5 Å². The third-order valence-corrected chi connectivity index (χ3v) is 15.0. The molecule has 0 radical (unpaired) electrons. The normalized spacial score (nSPS) is 28.5. The van der Waals surface area contributed by atoms with Gasteiger partial charge in [-0.2, -0.15) is 0 Å².